The van der Waals surface area contributed by atoms with E-state index in [4.69, 9.17) is 4.74 Å². The summed E-state index contributed by atoms with van der Waals surface area (Å²) in [5.74, 6) is 1.59. The number of hydrogen-bond acceptors (Lipinski definition) is 6. The number of aromatic amines is 2. The highest BCUT2D eigenvalue weighted by molar-refractivity contribution is 5.36. The first kappa shape index (κ1) is 11.8. The van der Waals surface area contributed by atoms with Crippen LogP contribution in [-0.4, -0.2) is 38.4 Å². The number of rotatable bonds is 4. The molecular formula is C11H14N6O2. The fourth-order valence-electron chi connectivity index (χ4n) is 2.02. The van der Waals surface area contributed by atoms with Crippen LogP contribution in [-0.2, 0) is 11.3 Å². The summed E-state index contributed by atoms with van der Waals surface area (Å²) in [6.45, 7) is 1.89. The molecule has 2 aromatic rings. The molecule has 1 atom stereocenters. The predicted molar refractivity (Wildman–Crippen MR) is 66.7 cm³/mol. The normalized spacial score (nSPS) is 18.6. The number of H-pyrrole nitrogens is 2. The number of nitrogens with zero attached hydrogens (tertiary/aromatic N) is 3. The summed E-state index contributed by atoms with van der Waals surface area (Å²) in [5.41, 5.74) is 0.661. The molecule has 3 heterocycles. The monoisotopic (exact) mass is 262 g/mol. The van der Waals surface area contributed by atoms with Crippen LogP contribution >= 0.6 is 0 Å². The van der Waals surface area contributed by atoms with Crippen LogP contribution in [0, 0.1) is 0 Å². The van der Waals surface area contributed by atoms with Gasteiger partial charge in [0.05, 0.1) is 18.8 Å². The van der Waals surface area contributed by atoms with Crippen molar-refractivity contribution < 1.29 is 4.74 Å². The minimum absolute atomic E-state index is 0.316. The van der Waals surface area contributed by atoms with E-state index in [2.05, 4.69) is 30.5 Å². The lowest BCUT2D eigenvalue weighted by molar-refractivity contribution is 0.193. The summed E-state index contributed by atoms with van der Waals surface area (Å²) in [4.78, 5) is 21.9. The van der Waals surface area contributed by atoms with Gasteiger partial charge in [-0.1, -0.05) is 0 Å². The largest absolute Gasteiger partial charge is 0.381 e. The Morgan fingerprint density at radius 1 is 1.47 bits per heavy atom. The topological polar surface area (TPSA) is 109 Å². The molecule has 0 saturated carbocycles. The molecule has 3 N–H and O–H groups in total. The molecule has 0 bridgehead atoms. The van der Waals surface area contributed by atoms with Crippen molar-refractivity contribution in [3.05, 3.63) is 34.4 Å². The molecule has 0 unspecified atom stereocenters. The van der Waals surface area contributed by atoms with Crippen LogP contribution in [0.25, 0.3) is 0 Å². The Labute approximate surface area is 108 Å². The van der Waals surface area contributed by atoms with E-state index in [1.165, 1.54) is 6.33 Å². The molecule has 0 spiro atoms. The minimum atomic E-state index is -0.316. The van der Waals surface area contributed by atoms with Crippen LogP contribution in [0.5, 0.6) is 0 Å². The molecule has 1 saturated heterocycles. The van der Waals surface area contributed by atoms with Gasteiger partial charge in [-0.25, -0.2) is 19.9 Å². The van der Waals surface area contributed by atoms with Gasteiger partial charge in [-0.05, 0) is 6.42 Å². The molecule has 0 radical (unpaired) electrons. The summed E-state index contributed by atoms with van der Waals surface area (Å²) < 4.78 is 5.35. The lowest BCUT2D eigenvalue weighted by Crippen LogP contribution is -2.07. The van der Waals surface area contributed by atoms with Gasteiger partial charge >= 0.3 is 5.69 Å². The number of nitrogens with one attached hydrogen (secondary N) is 3. The standard InChI is InChI=1S/C11H14N6O2/c18-11-15-10(16-17-11)4-12-9-3-8(13-6-14-9)7-1-2-19-5-7/h3,6-7H,1-2,4-5H2,(H,12,13,14)(H2,15,16,17,18)/t7-/m0/s1. The van der Waals surface area contributed by atoms with E-state index < -0.39 is 0 Å². The summed E-state index contributed by atoms with van der Waals surface area (Å²) in [6.07, 6.45) is 2.52. The van der Waals surface area contributed by atoms with Crippen LogP contribution in [0.4, 0.5) is 5.82 Å². The maximum atomic E-state index is 10.9. The second kappa shape index (κ2) is 5.19. The first-order valence-electron chi connectivity index (χ1n) is 6.08. The average Bonchev–Trinajstić information content (AvgIpc) is 3.08. The molecule has 100 valence electrons. The van der Waals surface area contributed by atoms with E-state index >= 15 is 0 Å². The van der Waals surface area contributed by atoms with E-state index in [9.17, 15) is 4.79 Å². The van der Waals surface area contributed by atoms with Crippen molar-refractivity contribution in [2.45, 2.75) is 18.9 Å². The first-order valence-corrected chi connectivity index (χ1v) is 6.08. The van der Waals surface area contributed by atoms with Crippen molar-refractivity contribution in [2.24, 2.45) is 0 Å². The Balaban J connectivity index is 1.67. The van der Waals surface area contributed by atoms with Gasteiger partial charge in [0.25, 0.3) is 0 Å². The van der Waals surface area contributed by atoms with Crippen molar-refractivity contribution in [1.29, 1.82) is 0 Å². The van der Waals surface area contributed by atoms with Crippen molar-refractivity contribution in [1.82, 2.24) is 25.1 Å². The van der Waals surface area contributed by atoms with Gasteiger partial charge in [-0.3, -0.25) is 4.98 Å². The second-order valence-electron chi connectivity index (χ2n) is 4.37. The van der Waals surface area contributed by atoms with E-state index in [-0.39, 0.29) is 5.69 Å². The molecule has 8 nitrogen and oxygen atoms in total. The third-order valence-electron chi connectivity index (χ3n) is 3.02. The minimum Gasteiger partial charge on any atom is -0.381 e. The molecule has 2 aromatic heterocycles. The molecule has 1 aliphatic rings. The summed E-state index contributed by atoms with van der Waals surface area (Å²) in [6, 6.07) is 1.91. The van der Waals surface area contributed by atoms with Crippen molar-refractivity contribution in [3.63, 3.8) is 0 Å². The number of ether oxygens (including phenoxy) is 1. The third kappa shape index (κ3) is 2.79. The summed E-state index contributed by atoms with van der Waals surface area (Å²) in [5, 5.41) is 9.22. The van der Waals surface area contributed by atoms with Gasteiger partial charge in [0.1, 0.15) is 18.0 Å². The zero-order chi connectivity index (χ0) is 13.1. The van der Waals surface area contributed by atoms with Crippen LogP contribution in [0.1, 0.15) is 23.9 Å². The number of hydrogen-bond donors (Lipinski definition) is 3. The lowest BCUT2D eigenvalue weighted by Gasteiger charge is -2.08. The van der Waals surface area contributed by atoms with E-state index in [1.807, 2.05) is 6.07 Å². The van der Waals surface area contributed by atoms with E-state index in [0.29, 0.717) is 30.7 Å². The Hall–Kier alpha value is -2.22. The molecule has 1 aliphatic heterocycles. The van der Waals surface area contributed by atoms with Gasteiger partial charge in [-0.15, -0.1) is 0 Å². The molecule has 0 aromatic carbocycles. The molecule has 1 fully saturated rings. The van der Waals surface area contributed by atoms with Crippen molar-refractivity contribution >= 4 is 5.82 Å². The maximum absolute atomic E-state index is 10.9. The Kier molecular flexibility index (Phi) is 3.23. The number of aromatic nitrogens is 5. The van der Waals surface area contributed by atoms with Gasteiger partial charge in [0, 0.05) is 18.6 Å². The highest BCUT2D eigenvalue weighted by Gasteiger charge is 2.19. The van der Waals surface area contributed by atoms with Crippen molar-refractivity contribution in [2.75, 3.05) is 18.5 Å². The lowest BCUT2D eigenvalue weighted by atomic mass is 10.1. The highest BCUT2D eigenvalue weighted by Crippen LogP contribution is 2.24. The molecule has 3 rings (SSSR count). The van der Waals surface area contributed by atoms with Crippen molar-refractivity contribution in [3.8, 4) is 0 Å². The molecular weight excluding hydrogens is 248 g/mol. The smallest absolute Gasteiger partial charge is 0.340 e. The molecule has 0 amide bonds. The quantitative estimate of drug-likeness (QED) is 0.716. The second-order valence-corrected chi connectivity index (χ2v) is 4.37. The fourth-order valence-corrected chi connectivity index (χ4v) is 2.02. The van der Waals surface area contributed by atoms with Crippen LogP contribution < -0.4 is 11.0 Å². The summed E-state index contributed by atoms with van der Waals surface area (Å²) >= 11 is 0. The van der Waals surface area contributed by atoms with Gasteiger partial charge in [0.2, 0.25) is 0 Å². The zero-order valence-corrected chi connectivity index (χ0v) is 10.2. The molecule has 19 heavy (non-hydrogen) atoms. The maximum Gasteiger partial charge on any atom is 0.340 e. The van der Waals surface area contributed by atoms with Crippen LogP contribution in [0.15, 0.2) is 17.2 Å². The average molecular weight is 262 g/mol. The first-order chi connectivity index (χ1) is 9.31. The molecule has 0 aliphatic carbocycles. The Morgan fingerprint density at radius 2 is 2.42 bits per heavy atom. The van der Waals surface area contributed by atoms with Crippen LogP contribution in [0.2, 0.25) is 0 Å². The van der Waals surface area contributed by atoms with Crippen LogP contribution in [0.3, 0.4) is 0 Å². The third-order valence-corrected chi connectivity index (χ3v) is 3.02. The fraction of sp³-hybridized carbons (Fsp3) is 0.455. The molecule has 8 heteroatoms. The van der Waals surface area contributed by atoms with E-state index in [1.54, 1.807) is 0 Å². The van der Waals surface area contributed by atoms with Gasteiger partial charge < -0.3 is 10.1 Å². The SMILES string of the molecule is O=c1[nH]nc(CNc2cc([C@H]3CCOC3)ncn2)[nH]1. The highest BCUT2D eigenvalue weighted by atomic mass is 16.5. The van der Waals surface area contributed by atoms with Gasteiger partial charge in [-0.2, -0.15) is 5.10 Å². The Bertz CT molecular complexity index is 601. The number of anilines is 1. The predicted octanol–water partition coefficient (Wildman–Crippen LogP) is 0.00400. The Morgan fingerprint density at radius 3 is 3.16 bits per heavy atom. The van der Waals surface area contributed by atoms with Gasteiger partial charge in [0.15, 0.2) is 0 Å². The zero-order valence-electron chi connectivity index (χ0n) is 10.2. The summed E-state index contributed by atoms with van der Waals surface area (Å²) in [7, 11) is 0. The van der Waals surface area contributed by atoms with E-state index in [0.717, 1.165) is 18.7 Å².